The van der Waals surface area contributed by atoms with Gasteiger partial charge in [0.1, 0.15) is 5.82 Å². The highest BCUT2D eigenvalue weighted by Crippen LogP contribution is 2.45. The van der Waals surface area contributed by atoms with Gasteiger partial charge in [-0.15, -0.1) is 0 Å². The smallest absolute Gasteiger partial charge is 0.250 e. The number of rotatable bonds is 6. The molecular formula is C19H30N4O3Si. The number of nitrogens with zero attached hydrogens (tertiary/aromatic N) is 2. The highest BCUT2D eigenvalue weighted by atomic mass is 28.4. The molecular weight excluding hydrogens is 360 g/mol. The van der Waals surface area contributed by atoms with Crippen molar-refractivity contribution in [1.82, 2.24) is 9.97 Å². The zero-order valence-electron chi connectivity index (χ0n) is 17.2. The van der Waals surface area contributed by atoms with Gasteiger partial charge in [0.2, 0.25) is 5.95 Å². The van der Waals surface area contributed by atoms with E-state index in [1.54, 1.807) is 20.4 Å². The van der Waals surface area contributed by atoms with Crippen LogP contribution in [0.3, 0.4) is 0 Å². The summed E-state index contributed by atoms with van der Waals surface area (Å²) in [6.07, 6.45) is 2.16. The Hall–Kier alpha value is -2.48. The zero-order chi connectivity index (χ0) is 20.4. The van der Waals surface area contributed by atoms with E-state index in [0.29, 0.717) is 29.5 Å². The first-order valence-corrected chi connectivity index (χ1v) is 11.7. The van der Waals surface area contributed by atoms with Crippen LogP contribution in [0, 0.1) is 0 Å². The highest BCUT2D eigenvalue weighted by molar-refractivity contribution is 6.74. The third-order valence-corrected chi connectivity index (χ3v) is 9.32. The normalized spacial score (nSPS) is 12.0. The van der Waals surface area contributed by atoms with Crippen LogP contribution in [0.2, 0.25) is 18.1 Å². The molecule has 0 aliphatic rings. The number of nitrogens with two attached hydrogens (primary N) is 2. The van der Waals surface area contributed by atoms with Gasteiger partial charge in [-0.2, -0.15) is 4.98 Å². The van der Waals surface area contributed by atoms with Gasteiger partial charge in [0.15, 0.2) is 17.2 Å². The van der Waals surface area contributed by atoms with Crippen LogP contribution in [0.4, 0.5) is 11.8 Å². The van der Waals surface area contributed by atoms with Gasteiger partial charge >= 0.3 is 0 Å². The molecule has 0 unspecified atom stereocenters. The van der Waals surface area contributed by atoms with E-state index in [1.165, 1.54) is 0 Å². The molecule has 0 aliphatic carbocycles. The largest absolute Gasteiger partial charge is 0.539 e. The highest BCUT2D eigenvalue weighted by Gasteiger charge is 2.40. The minimum Gasteiger partial charge on any atom is -0.539 e. The minimum absolute atomic E-state index is 0.0530. The first-order chi connectivity index (χ1) is 12.5. The molecule has 2 rings (SSSR count). The van der Waals surface area contributed by atoms with Crippen molar-refractivity contribution in [3.8, 4) is 17.2 Å². The lowest BCUT2D eigenvalue weighted by molar-refractivity contribution is 0.354. The van der Waals surface area contributed by atoms with Crippen LogP contribution in [-0.4, -0.2) is 32.5 Å². The number of benzene rings is 1. The predicted molar refractivity (Wildman–Crippen MR) is 111 cm³/mol. The predicted octanol–water partition coefficient (Wildman–Crippen LogP) is 3.63. The Morgan fingerprint density at radius 1 is 1.04 bits per heavy atom. The summed E-state index contributed by atoms with van der Waals surface area (Å²) in [6.45, 7) is 10.9. The van der Waals surface area contributed by atoms with Gasteiger partial charge in [-0.25, -0.2) is 4.98 Å². The van der Waals surface area contributed by atoms with Crippen LogP contribution in [-0.2, 0) is 6.42 Å². The van der Waals surface area contributed by atoms with Gasteiger partial charge in [-0.05, 0) is 35.8 Å². The average Bonchev–Trinajstić information content (AvgIpc) is 2.57. The Balaban J connectivity index is 2.44. The fourth-order valence-corrected chi connectivity index (χ4v) is 3.35. The maximum Gasteiger partial charge on any atom is 0.250 e. The minimum atomic E-state index is -2.06. The van der Waals surface area contributed by atoms with Crippen molar-refractivity contribution in [2.75, 3.05) is 25.7 Å². The monoisotopic (exact) mass is 390 g/mol. The Morgan fingerprint density at radius 3 is 2.04 bits per heavy atom. The molecule has 1 aromatic carbocycles. The van der Waals surface area contributed by atoms with Gasteiger partial charge in [0.05, 0.1) is 14.2 Å². The van der Waals surface area contributed by atoms with E-state index in [2.05, 4.69) is 43.8 Å². The summed E-state index contributed by atoms with van der Waals surface area (Å²) in [5.74, 6) is 2.41. The molecule has 2 aromatic rings. The van der Waals surface area contributed by atoms with Gasteiger partial charge in [-0.3, -0.25) is 0 Å². The number of nitrogen functional groups attached to an aromatic ring is 2. The molecule has 0 saturated heterocycles. The van der Waals surface area contributed by atoms with E-state index in [9.17, 15) is 0 Å². The van der Waals surface area contributed by atoms with Crippen molar-refractivity contribution in [1.29, 1.82) is 0 Å². The second kappa shape index (κ2) is 7.64. The lowest BCUT2D eigenvalue weighted by Crippen LogP contribution is -2.44. The Labute approximate surface area is 162 Å². The quantitative estimate of drug-likeness (QED) is 0.725. The Bertz CT molecular complexity index is 794. The second-order valence-corrected chi connectivity index (χ2v) is 12.7. The van der Waals surface area contributed by atoms with E-state index in [1.807, 2.05) is 12.1 Å². The van der Waals surface area contributed by atoms with E-state index in [0.717, 1.165) is 11.1 Å². The maximum atomic E-state index is 6.48. The van der Waals surface area contributed by atoms with Crippen LogP contribution < -0.4 is 25.4 Å². The van der Waals surface area contributed by atoms with Crippen LogP contribution >= 0.6 is 0 Å². The first-order valence-electron chi connectivity index (χ1n) is 8.79. The van der Waals surface area contributed by atoms with Gasteiger partial charge < -0.3 is 25.4 Å². The van der Waals surface area contributed by atoms with E-state index in [4.69, 9.17) is 25.4 Å². The van der Waals surface area contributed by atoms with Crippen molar-refractivity contribution in [3.63, 3.8) is 0 Å². The molecule has 0 spiro atoms. The average molecular weight is 391 g/mol. The zero-order valence-corrected chi connectivity index (χ0v) is 18.2. The molecule has 7 nitrogen and oxygen atoms in total. The molecule has 8 heteroatoms. The summed E-state index contributed by atoms with van der Waals surface area (Å²) in [4.78, 5) is 8.03. The van der Waals surface area contributed by atoms with Crippen molar-refractivity contribution >= 4 is 20.1 Å². The number of anilines is 2. The molecule has 0 aliphatic heterocycles. The lowest BCUT2D eigenvalue weighted by Gasteiger charge is -2.37. The van der Waals surface area contributed by atoms with Crippen LogP contribution in [0.1, 0.15) is 31.9 Å². The number of aromatic nitrogens is 2. The molecule has 4 N–H and O–H groups in total. The summed E-state index contributed by atoms with van der Waals surface area (Å²) < 4.78 is 17.7. The Kier molecular flexibility index (Phi) is 5.89. The third kappa shape index (κ3) is 4.63. The number of ether oxygens (including phenoxy) is 2. The van der Waals surface area contributed by atoms with E-state index >= 15 is 0 Å². The molecule has 1 heterocycles. The topological polar surface area (TPSA) is 106 Å². The van der Waals surface area contributed by atoms with Crippen LogP contribution in [0.5, 0.6) is 17.2 Å². The summed E-state index contributed by atoms with van der Waals surface area (Å²) in [5, 5.41) is 0.0530. The summed E-state index contributed by atoms with van der Waals surface area (Å²) in [7, 11) is 1.18. The maximum absolute atomic E-state index is 6.48. The SMILES string of the molecule is COc1cc(Cc2cnc(N)nc2N)cc(OC)c1O[Si](C)(C)C(C)(C)C. The van der Waals surface area contributed by atoms with Crippen molar-refractivity contribution in [2.24, 2.45) is 0 Å². The standard InChI is InChI=1S/C19H30N4O3Si/c1-19(2,3)27(6,7)26-16-14(24-4)9-12(10-15(16)25-5)8-13-11-22-18(21)23-17(13)20/h9-11H,8H2,1-7H3,(H4,20,21,22,23). The number of hydrogen-bond donors (Lipinski definition) is 2. The number of hydrogen-bond acceptors (Lipinski definition) is 7. The third-order valence-electron chi connectivity index (χ3n) is 5.00. The molecule has 27 heavy (non-hydrogen) atoms. The van der Waals surface area contributed by atoms with E-state index < -0.39 is 8.32 Å². The lowest BCUT2D eigenvalue weighted by atomic mass is 10.1. The van der Waals surface area contributed by atoms with Gasteiger partial charge in [0.25, 0.3) is 8.32 Å². The molecule has 0 atom stereocenters. The van der Waals surface area contributed by atoms with Gasteiger partial charge in [0, 0.05) is 18.2 Å². The second-order valence-electron chi connectivity index (χ2n) is 8.01. The summed E-state index contributed by atoms with van der Waals surface area (Å²) in [5.41, 5.74) is 13.3. The molecule has 0 radical (unpaired) electrons. The molecule has 0 fully saturated rings. The number of methoxy groups -OCH3 is 2. The summed E-state index contributed by atoms with van der Waals surface area (Å²) >= 11 is 0. The van der Waals surface area contributed by atoms with Crippen LogP contribution in [0.15, 0.2) is 18.3 Å². The van der Waals surface area contributed by atoms with Crippen molar-refractivity contribution in [2.45, 2.75) is 45.3 Å². The van der Waals surface area contributed by atoms with Crippen molar-refractivity contribution < 1.29 is 13.9 Å². The Morgan fingerprint density at radius 2 is 1.59 bits per heavy atom. The fraction of sp³-hybridized carbons (Fsp3) is 0.474. The van der Waals surface area contributed by atoms with Crippen LogP contribution in [0.25, 0.3) is 0 Å². The fourth-order valence-electron chi connectivity index (χ4n) is 2.34. The molecule has 148 valence electrons. The molecule has 0 amide bonds. The van der Waals surface area contributed by atoms with Crippen molar-refractivity contribution in [3.05, 3.63) is 29.5 Å². The molecule has 0 saturated carbocycles. The van der Waals surface area contributed by atoms with E-state index in [-0.39, 0.29) is 11.0 Å². The molecule has 1 aromatic heterocycles. The first kappa shape index (κ1) is 20.8. The molecule has 0 bridgehead atoms. The summed E-state index contributed by atoms with van der Waals surface area (Å²) in [6, 6.07) is 3.86. The van der Waals surface area contributed by atoms with Gasteiger partial charge in [-0.1, -0.05) is 20.8 Å².